The van der Waals surface area contributed by atoms with E-state index < -0.39 is 0 Å². The number of carbonyl (C=O) groups excluding carboxylic acids is 2. The number of carbonyl (C=O) groups is 2. The Balaban J connectivity index is 1.55. The van der Waals surface area contributed by atoms with Gasteiger partial charge in [0.25, 0.3) is 0 Å². The maximum atomic E-state index is 12.8. The van der Waals surface area contributed by atoms with Crippen LogP contribution in [0.5, 0.6) is 0 Å². The second kappa shape index (κ2) is 9.51. The van der Waals surface area contributed by atoms with Gasteiger partial charge in [-0.25, -0.2) is 0 Å². The second-order valence-electron chi connectivity index (χ2n) is 7.70. The SMILES string of the molecule is CC(C)NC(=O)Cc1ccc(NC(=O)[C@@H]2CCCN2Cc2ccccc2)cc1. The van der Waals surface area contributed by atoms with Crippen LogP contribution in [0.4, 0.5) is 5.69 Å². The lowest BCUT2D eigenvalue weighted by Crippen LogP contribution is -2.39. The van der Waals surface area contributed by atoms with Gasteiger partial charge in [0.15, 0.2) is 0 Å². The molecular formula is C23H29N3O2. The van der Waals surface area contributed by atoms with E-state index in [1.807, 2.05) is 56.3 Å². The van der Waals surface area contributed by atoms with E-state index in [9.17, 15) is 9.59 Å². The van der Waals surface area contributed by atoms with E-state index in [1.165, 1.54) is 5.56 Å². The lowest BCUT2D eigenvalue weighted by Gasteiger charge is -2.23. The zero-order valence-electron chi connectivity index (χ0n) is 16.7. The van der Waals surface area contributed by atoms with E-state index in [-0.39, 0.29) is 23.9 Å². The topological polar surface area (TPSA) is 61.4 Å². The highest BCUT2D eigenvalue weighted by Crippen LogP contribution is 2.22. The molecule has 1 saturated heterocycles. The molecule has 2 amide bonds. The summed E-state index contributed by atoms with van der Waals surface area (Å²) in [4.78, 5) is 26.9. The molecule has 5 heteroatoms. The molecule has 5 nitrogen and oxygen atoms in total. The van der Waals surface area contributed by atoms with Crippen LogP contribution in [0.3, 0.4) is 0 Å². The van der Waals surface area contributed by atoms with Crippen molar-refractivity contribution in [3.8, 4) is 0 Å². The van der Waals surface area contributed by atoms with Crippen molar-refractivity contribution in [2.24, 2.45) is 0 Å². The zero-order valence-corrected chi connectivity index (χ0v) is 16.7. The normalized spacial score (nSPS) is 16.9. The molecule has 0 saturated carbocycles. The van der Waals surface area contributed by atoms with Gasteiger partial charge in [0.1, 0.15) is 0 Å². The molecule has 0 unspecified atom stereocenters. The molecule has 1 aliphatic rings. The summed E-state index contributed by atoms with van der Waals surface area (Å²) < 4.78 is 0. The molecule has 0 radical (unpaired) electrons. The van der Waals surface area contributed by atoms with Crippen LogP contribution in [0.2, 0.25) is 0 Å². The summed E-state index contributed by atoms with van der Waals surface area (Å²) in [5.74, 6) is 0.0491. The fraction of sp³-hybridized carbons (Fsp3) is 0.391. The van der Waals surface area contributed by atoms with E-state index >= 15 is 0 Å². The predicted molar refractivity (Wildman–Crippen MR) is 112 cm³/mol. The number of rotatable bonds is 7. The van der Waals surface area contributed by atoms with Crippen molar-refractivity contribution in [2.75, 3.05) is 11.9 Å². The maximum absolute atomic E-state index is 12.8. The Labute approximate surface area is 167 Å². The molecule has 0 aliphatic carbocycles. The number of nitrogens with one attached hydrogen (secondary N) is 2. The van der Waals surface area contributed by atoms with Crippen LogP contribution < -0.4 is 10.6 Å². The fourth-order valence-corrected chi connectivity index (χ4v) is 3.62. The highest BCUT2D eigenvalue weighted by Gasteiger charge is 2.30. The molecule has 1 fully saturated rings. The monoisotopic (exact) mass is 379 g/mol. The summed E-state index contributed by atoms with van der Waals surface area (Å²) in [5, 5.41) is 5.92. The molecule has 2 aromatic rings. The Morgan fingerprint density at radius 2 is 1.75 bits per heavy atom. The van der Waals surface area contributed by atoms with Gasteiger partial charge in [0, 0.05) is 18.3 Å². The Hall–Kier alpha value is -2.66. The molecule has 3 rings (SSSR count). The average molecular weight is 380 g/mol. The lowest BCUT2D eigenvalue weighted by atomic mass is 10.1. The predicted octanol–water partition coefficient (Wildman–Crippen LogP) is 3.36. The van der Waals surface area contributed by atoms with Crippen molar-refractivity contribution in [3.05, 3.63) is 65.7 Å². The molecular weight excluding hydrogens is 350 g/mol. The third-order valence-electron chi connectivity index (χ3n) is 4.93. The summed E-state index contributed by atoms with van der Waals surface area (Å²) in [7, 11) is 0. The van der Waals surface area contributed by atoms with Crippen LogP contribution in [0, 0.1) is 0 Å². The number of nitrogens with zero attached hydrogens (tertiary/aromatic N) is 1. The van der Waals surface area contributed by atoms with Crippen molar-refractivity contribution in [2.45, 2.75) is 51.7 Å². The maximum Gasteiger partial charge on any atom is 0.241 e. The first kappa shape index (κ1) is 20.1. The van der Waals surface area contributed by atoms with Gasteiger partial charge in [-0.2, -0.15) is 0 Å². The Kier molecular flexibility index (Phi) is 6.82. The Morgan fingerprint density at radius 3 is 2.43 bits per heavy atom. The fourth-order valence-electron chi connectivity index (χ4n) is 3.62. The van der Waals surface area contributed by atoms with E-state index in [2.05, 4.69) is 27.7 Å². The molecule has 28 heavy (non-hydrogen) atoms. The number of amides is 2. The number of benzene rings is 2. The third-order valence-corrected chi connectivity index (χ3v) is 4.93. The minimum Gasteiger partial charge on any atom is -0.354 e. The quantitative estimate of drug-likeness (QED) is 0.775. The third kappa shape index (κ3) is 5.67. The molecule has 1 heterocycles. The number of anilines is 1. The first-order valence-electron chi connectivity index (χ1n) is 9.98. The molecule has 2 N–H and O–H groups in total. The van der Waals surface area contributed by atoms with Crippen LogP contribution in [0.1, 0.15) is 37.8 Å². The smallest absolute Gasteiger partial charge is 0.241 e. The number of hydrogen-bond donors (Lipinski definition) is 2. The second-order valence-corrected chi connectivity index (χ2v) is 7.70. The standard InChI is InChI=1S/C23H29N3O2/c1-17(2)24-22(27)15-18-10-12-20(13-11-18)25-23(28)21-9-6-14-26(21)16-19-7-4-3-5-8-19/h3-5,7-8,10-13,17,21H,6,9,14-16H2,1-2H3,(H,24,27)(H,25,28)/t21-/m0/s1. The van der Waals surface area contributed by atoms with E-state index in [0.29, 0.717) is 6.42 Å². The first-order valence-corrected chi connectivity index (χ1v) is 9.98. The summed E-state index contributed by atoms with van der Waals surface area (Å²) in [6, 6.07) is 17.8. The molecule has 2 aromatic carbocycles. The largest absolute Gasteiger partial charge is 0.354 e. The zero-order chi connectivity index (χ0) is 19.9. The Morgan fingerprint density at radius 1 is 1.04 bits per heavy atom. The highest BCUT2D eigenvalue weighted by atomic mass is 16.2. The van der Waals surface area contributed by atoms with Gasteiger partial charge in [-0.15, -0.1) is 0 Å². The van der Waals surface area contributed by atoms with Crippen LogP contribution >= 0.6 is 0 Å². The molecule has 0 aromatic heterocycles. The van der Waals surface area contributed by atoms with Crippen molar-refractivity contribution >= 4 is 17.5 Å². The van der Waals surface area contributed by atoms with E-state index in [4.69, 9.17) is 0 Å². The average Bonchev–Trinajstić information content (AvgIpc) is 3.12. The van der Waals surface area contributed by atoms with E-state index in [0.717, 1.165) is 37.2 Å². The van der Waals surface area contributed by atoms with Crippen LogP contribution in [0.25, 0.3) is 0 Å². The lowest BCUT2D eigenvalue weighted by molar-refractivity contribution is -0.121. The molecule has 148 valence electrons. The minimum atomic E-state index is -0.100. The van der Waals surface area contributed by atoms with E-state index in [1.54, 1.807) is 0 Å². The van der Waals surface area contributed by atoms with Gasteiger partial charge in [0.2, 0.25) is 11.8 Å². The van der Waals surface area contributed by atoms with Gasteiger partial charge in [-0.3, -0.25) is 14.5 Å². The number of likely N-dealkylation sites (tertiary alicyclic amines) is 1. The molecule has 1 aliphatic heterocycles. The minimum absolute atomic E-state index is 0.00861. The first-order chi connectivity index (χ1) is 13.5. The van der Waals surface area contributed by atoms with Crippen molar-refractivity contribution < 1.29 is 9.59 Å². The van der Waals surface area contributed by atoms with Gasteiger partial charge < -0.3 is 10.6 Å². The van der Waals surface area contributed by atoms with Gasteiger partial charge in [-0.05, 0) is 56.5 Å². The van der Waals surface area contributed by atoms with Gasteiger partial charge in [0.05, 0.1) is 12.5 Å². The van der Waals surface area contributed by atoms with Crippen molar-refractivity contribution in [3.63, 3.8) is 0 Å². The summed E-state index contributed by atoms with van der Waals surface area (Å²) in [6.45, 7) is 5.63. The number of hydrogen-bond acceptors (Lipinski definition) is 3. The molecule has 1 atom stereocenters. The highest BCUT2D eigenvalue weighted by molar-refractivity contribution is 5.95. The summed E-state index contributed by atoms with van der Waals surface area (Å²) >= 11 is 0. The van der Waals surface area contributed by atoms with Crippen LogP contribution in [0.15, 0.2) is 54.6 Å². The summed E-state index contributed by atoms with van der Waals surface area (Å²) in [6.07, 6.45) is 2.26. The molecule has 0 spiro atoms. The van der Waals surface area contributed by atoms with Crippen LogP contribution in [-0.2, 0) is 22.6 Å². The Bertz CT molecular complexity index is 787. The van der Waals surface area contributed by atoms with Gasteiger partial charge in [-0.1, -0.05) is 42.5 Å². The summed E-state index contributed by atoms with van der Waals surface area (Å²) in [5.41, 5.74) is 2.93. The van der Waals surface area contributed by atoms with Crippen LogP contribution in [-0.4, -0.2) is 35.3 Å². The van der Waals surface area contributed by atoms with Gasteiger partial charge >= 0.3 is 0 Å². The molecule has 0 bridgehead atoms. The van der Waals surface area contributed by atoms with Crippen molar-refractivity contribution in [1.29, 1.82) is 0 Å². The van der Waals surface area contributed by atoms with Crippen molar-refractivity contribution in [1.82, 2.24) is 10.2 Å².